The van der Waals surface area contributed by atoms with Gasteiger partial charge in [-0.2, -0.15) is 0 Å². The van der Waals surface area contributed by atoms with Crippen molar-refractivity contribution in [3.05, 3.63) is 22.9 Å². The van der Waals surface area contributed by atoms with Crippen molar-refractivity contribution >= 4 is 50.6 Å². The van der Waals surface area contributed by atoms with E-state index in [1.54, 1.807) is 0 Å². The van der Waals surface area contributed by atoms with E-state index in [-0.39, 0.29) is 23.4 Å². The second kappa shape index (κ2) is 9.59. The van der Waals surface area contributed by atoms with Gasteiger partial charge in [-0.05, 0) is 66.2 Å². The van der Waals surface area contributed by atoms with Crippen LogP contribution in [0.4, 0.5) is 5.82 Å². The van der Waals surface area contributed by atoms with Gasteiger partial charge >= 0.3 is 0 Å². The van der Waals surface area contributed by atoms with Crippen molar-refractivity contribution in [1.82, 2.24) is 29.7 Å². The molecule has 0 aliphatic carbocycles. The molecule has 0 saturated carbocycles. The molecule has 2 aliphatic rings. The molecule has 12 heteroatoms. The number of carbonyl (C=O) groups is 1. The summed E-state index contributed by atoms with van der Waals surface area (Å²) in [6, 6.07) is 2.96. The highest BCUT2D eigenvalue weighted by Gasteiger charge is 2.31. The van der Waals surface area contributed by atoms with Crippen LogP contribution in [0, 0.1) is 5.92 Å². The van der Waals surface area contributed by atoms with Gasteiger partial charge in [-0.15, -0.1) is 0 Å². The molecule has 1 unspecified atom stereocenters. The lowest BCUT2D eigenvalue weighted by Crippen LogP contribution is -2.55. The lowest BCUT2D eigenvalue weighted by Gasteiger charge is -2.37. The summed E-state index contributed by atoms with van der Waals surface area (Å²) in [6.45, 7) is 3.21. The lowest BCUT2D eigenvalue weighted by molar-refractivity contribution is -0.136. The van der Waals surface area contributed by atoms with Crippen molar-refractivity contribution in [1.29, 1.82) is 0 Å². The standard InChI is InChI=1S/C22H26BrN7O3S/c23-13-9-15(31)16(32)10-17(13)34-22-28-18-19(24)26-11-27-20(18)30(22)8-4-12-2-6-29(7-3-12)21(33)14-1-5-25-14/h9-12,14,25,31-32H,1-8H2,(H2,24,26,27). The van der Waals surface area contributed by atoms with E-state index < -0.39 is 0 Å². The summed E-state index contributed by atoms with van der Waals surface area (Å²) in [4.78, 5) is 28.4. The molecule has 2 fully saturated rings. The summed E-state index contributed by atoms with van der Waals surface area (Å²) >= 11 is 4.79. The third kappa shape index (κ3) is 4.53. The number of anilines is 1. The van der Waals surface area contributed by atoms with E-state index in [9.17, 15) is 15.0 Å². The third-order valence-electron chi connectivity index (χ3n) is 6.56. The van der Waals surface area contributed by atoms with E-state index in [4.69, 9.17) is 5.73 Å². The van der Waals surface area contributed by atoms with Crippen LogP contribution in [0.25, 0.3) is 11.2 Å². The second-order valence-electron chi connectivity index (χ2n) is 8.70. The molecule has 1 aromatic carbocycles. The number of phenolic OH excluding ortho intramolecular Hbond substituents is 2. The minimum Gasteiger partial charge on any atom is -0.504 e. The molecule has 1 amide bonds. The van der Waals surface area contributed by atoms with Crippen molar-refractivity contribution in [3.63, 3.8) is 0 Å². The van der Waals surface area contributed by atoms with Crippen molar-refractivity contribution in [3.8, 4) is 11.5 Å². The summed E-state index contributed by atoms with van der Waals surface area (Å²) in [5.74, 6) is 0.648. The first kappa shape index (κ1) is 23.2. The van der Waals surface area contributed by atoms with Gasteiger partial charge in [0, 0.05) is 29.0 Å². The van der Waals surface area contributed by atoms with Crippen molar-refractivity contribution in [2.45, 2.75) is 48.3 Å². The largest absolute Gasteiger partial charge is 0.504 e. The van der Waals surface area contributed by atoms with Crippen LogP contribution in [-0.4, -0.2) is 66.2 Å². The molecule has 5 rings (SSSR count). The highest BCUT2D eigenvalue weighted by molar-refractivity contribution is 9.10. The Hall–Kier alpha value is -2.57. The number of phenols is 2. The number of piperidine rings is 1. The van der Waals surface area contributed by atoms with Crippen molar-refractivity contribution in [2.75, 3.05) is 25.4 Å². The number of hydrogen-bond donors (Lipinski definition) is 4. The molecule has 180 valence electrons. The predicted octanol–water partition coefficient (Wildman–Crippen LogP) is 2.72. The zero-order valence-electron chi connectivity index (χ0n) is 18.4. The van der Waals surface area contributed by atoms with Crippen molar-refractivity contribution in [2.24, 2.45) is 5.92 Å². The normalized spacial score (nSPS) is 18.9. The molecule has 2 aliphatic heterocycles. The van der Waals surface area contributed by atoms with E-state index in [0.717, 1.165) is 45.3 Å². The van der Waals surface area contributed by atoms with Gasteiger partial charge in [0.25, 0.3) is 0 Å². The molecule has 0 spiro atoms. The number of nitrogens with zero attached hydrogens (tertiary/aromatic N) is 5. The fourth-order valence-corrected chi connectivity index (χ4v) is 5.92. The number of imidazole rings is 1. The number of aromatic hydroxyl groups is 2. The Balaban J connectivity index is 1.32. The van der Waals surface area contributed by atoms with Crippen LogP contribution in [0.15, 0.2) is 33.0 Å². The fraction of sp³-hybridized carbons (Fsp3) is 0.455. The number of nitrogens with two attached hydrogens (primary N) is 1. The summed E-state index contributed by atoms with van der Waals surface area (Å²) in [5, 5.41) is 23.6. The summed E-state index contributed by atoms with van der Waals surface area (Å²) in [6.07, 6.45) is 5.25. The summed E-state index contributed by atoms with van der Waals surface area (Å²) in [5.41, 5.74) is 7.27. The SMILES string of the molecule is Nc1ncnc2c1nc(Sc1cc(O)c(O)cc1Br)n2CCC1CCN(C(=O)C2CCN2)CC1. The quantitative estimate of drug-likeness (QED) is 0.342. The number of halogens is 1. The van der Waals surface area contributed by atoms with Crippen molar-refractivity contribution < 1.29 is 15.0 Å². The number of amides is 1. The molecular weight excluding hydrogens is 522 g/mol. The maximum atomic E-state index is 12.5. The highest BCUT2D eigenvalue weighted by atomic mass is 79.9. The molecule has 0 radical (unpaired) electrons. The van der Waals surface area contributed by atoms with Crippen LogP contribution < -0.4 is 11.1 Å². The number of nitrogens with one attached hydrogen (secondary N) is 1. The van der Waals surface area contributed by atoms with E-state index in [2.05, 4.69) is 36.2 Å². The molecular formula is C22H26BrN7O3S. The van der Waals surface area contributed by atoms with Crippen LogP contribution in [-0.2, 0) is 11.3 Å². The monoisotopic (exact) mass is 547 g/mol. The molecule has 4 heterocycles. The molecule has 0 bridgehead atoms. The van der Waals surface area contributed by atoms with Crippen LogP contribution in [0.3, 0.4) is 0 Å². The van der Waals surface area contributed by atoms with Crippen LogP contribution in [0.5, 0.6) is 11.5 Å². The average Bonchev–Trinajstić information content (AvgIpc) is 3.13. The Kier molecular flexibility index (Phi) is 6.54. The first-order chi connectivity index (χ1) is 16.4. The second-order valence-corrected chi connectivity index (χ2v) is 10.6. The topological polar surface area (TPSA) is 142 Å². The number of rotatable bonds is 6. The van der Waals surface area contributed by atoms with Gasteiger partial charge < -0.3 is 30.7 Å². The minimum atomic E-state index is -0.203. The Bertz CT molecular complexity index is 1220. The number of carbonyl (C=O) groups excluding carboxylic acids is 1. The maximum Gasteiger partial charge on any atom is 0.239 e. The average molecular weight is 548 g/mol. The van der Waals surface area contributed by atoms with Gasteiger partial charge in [0.1, 0.15) is 6.33 Å². The van der Waals surface area contributed by atoms with Gasteiger partial charge in [-0.25, -0.2) is 15.0 Å². The zero-order valence-corrected chi connectivity index (χ0v) is 20.8. The number of fused-ring (bicyclic) bond motifs is 1. The van der Waals surface area contributed by atoms with E-state index in [1.807, 2.05) is 9.47 Å². The molecule has 5 N–H and O–H groups in total. The summed E-state index contributed by atoms with van der Waals surface area (Å²) in [7, 11) is 0. The summed E-state index contributed by atoms with van der Waals surface area (Å²) < 4.78 is 2.67. The van der Waals surface area contributed by atoms with Gasteiger partial charge in [-0.3, -0.25) is 4.79 Å². The number of aromatic nitrogens is 4. The van der Waals surface area contributed by atoms with Gasteiger partial charge in [0.05, 0.1) is 6.04 Å². The van der Waals surface area contributed by atoms with Gasteiger partial charge in [0.2, 0.25) is 5.91 Å². The van der Waals surface area contributed by atoms with Gasteiger partial charge in [-0.1, -0.05) is 11.8 Å². The fourth-order valence-electron chi connectivity index (χ4n) is 4.40. The van der Waals surface area contributed by atoms with E-state index >= 15 is 0 Å². The molecule has 1 atom stereocenters. The Labute approximate surface area is 209 Å². The van der Waals surface area contributed by atoms with Gasteiger partial charge in [0.15, 0.2) is 33.6 Å². The number of likely N-dealkylation sites (tertiary alicyclic amines) is 1. The van der Waals surface area contributed by atoms with E-state index in [1.165, 1.54) is 30.2 Å². The lowest BCUT2D eigenvalue weighted by atomic mass is 9.92. The predicted molar refractivity (Wildman–Crippen MR) is 132 cm³/mol. The van der Waals surface area contributed by atoms with Crippen LogP contribution in [0.1, 0.15) is 25.7 Å². The Morgan fingerprint density at radius 2 is 1.94 bits per heavy atom. The number of nitrogen functional groups attached to an aromatic ring is 1. The molecule has 2 aromatic heterocycles. The maximum absolute atomic E-state index is 12.5. The molecule has 3 aromatic rings. The Morgan fingerprint density at radius 1 is 1.21 bits per heavy atom. The molecule has 2 saturated heterocycles. The van der Waals surface area contributed by atoms with Crippen LogP contribution in [0.2, 0.25) is 0 Å². The first-order valence-corrected chi connectivity index (χ1v) is 12.9. The first-order valence-electron chi connectivity index (χ1n) is 11.3. The number of aryl methyl sites for hydroxylation is 1. The minimum absolute atomic E-state index is 0.0113. The smallest absolute Gasteiger partial charge is 0.239 e. The number of hydrogen-bond acceptors (Lipinski definition) is 9. The molecule has 34 heavy (non-hydrogen) atoms. The van der Waals surface area contributed by atoms with E-state index in [0.29, 0.717) is 44.0 Å². The highest BCUT2D eigenvalue weighted by Crippen LogP contribution is 2.40. The van der Waals surface area contributed by atoms with Crippen LogP contribution >= 0.6 is 27.7 Å². The number of benzene rings is 1. The molecule has 10 nitrogen and oxygen atoms in total. The third-order valence-corrected chi connectivity index (χ3v) is 8.54. The Morgan fingerprint density at radius 3 is 2.65 bits per heavy atom. The zero-order chi connectivity index (χ0) is 23.8.